The molecule has 1 saturated heterocycles. The molecule has 0 aliphatic carbocycles. The Morgan fingerprint density at radius 1 is 1.33 bits per heavy atom. The molecular formula is C8H11BLiNO4. The first-order valence-corrected chi connectivity index (χ1v) is 4.32. The van der Waals surface area contributed by atoms with Gasteiger partial charge in [-0.25, -0.2) is 0 Å². The summed E-state index contributed by atoms with van der Waals surface area (Å²) in [5, 5.41) is 17.6. The van der Waals surface area contributed by atoms with Crippen LogP contribution < -0.4 is 24.5 Å². The maximum atomic E-state index is 8.81. The second-order valence-corrected chi connectivity index (χ2v) is 2.96. The summed E-state index contributed by atoms with van der Waals surface area (Å²) in [5.41, 5.74) is 0.999. The zero-order valence-electron chi connectivity index (χ0n) is 9.46. The Bertz CT molecular complexity index is 307. The number of aromatic nitrogens is 1. The quantitative estimate of drug-likeness (QED) is 0.478. The Hall–Kier alpha value is -0.348. The third kappa shape index (κ3) is 3.05. The number of rotatable bonds is 2. The number of pyridine rings is 1. The molecule has 2 rings (SSSR count). The van der Waals surface area contributed by atoms with Gasteiger partial charge in [-0.1, -0.05) is 6.07 Å². The molecule has 1 aromatic rings. The number of ether oxygens (including phenoxy) is 2. The predicted molar refractivity (Wildman–Crippen MR) is 49.8 cm³/mol. The van der Waals surface area contributed by atoms with Gasteiger partial charge < -0.3 is 20.9 Å². The van der Waals surface area contributed by atoms with E-state index in [0.717, 1.165) is 5.56 Å². The molecule has 0 bridgehead atoms. The summed E-state index contributed by atoms with van der Waals surface area (Å²) in [6.07, 6.45) is 1.15. The molecule has 0 atom stereocenters. The van der Waals surface area contributed by atoms with Gasteiger partial charge in [0.1, 0.15) is 0 Å². The third-order valence-corrected chi connectivity index (χ3v) is 1.97. The molecule has 0 unspecified atom stereocenters. The van der Waals surface area contributed by atoms with Crippen molar-refractivity contribution in [2.24, 2.45) is 0 Å². The van der Waals surface area contributed by atoms with Gasteiger partial charge in [-0.3, -0.25) is 4.98 Å². The molecular weight excluding hydrogens is 192 g/mol. The predicted octanol–water partition coefficient (Wildman–Crippen LogP) is -4.08. The number of hydrogen-bond donors (Lipinski definition) is 2. The van der Waals surface area contributed by atoms with Crippen LogP contribution in [0.1, 0.15) is 13.3 Å². The van der Waals surface area contributed by atoms with Crippen molar-refractivity contribution in [2.75, 3.05) is 13.2 Å². The van der Waals surface area contributed by atoms with Crippen molar-refractivity contribution >= 4 is 12.7 Å². The van der Waals surface area contributed by atoms with Crippen LogP contribution in [0.3, 0.4) is 0 Å². The van der Waals surface area contributed by atoms with Crippen LogP contribution in [-0.2, 0) is 9.47 Å². The third-order valence-electron chi connectivity index (χ3n) is 1.97. The zero-order valence-corrected chi connectivity index (χ0v) is 8.46. The van der Waals surface area contributed by atoms with Gasteiger partial charge in [-0.15, -0.1) is 0 Å². The summed E-state index contributed by atoms with van der Waals surface area (Å²) in [6, 6.07) is 3.24. The average Bonchev–Trinajstić information content (AvgIpc) is 2.71. The minimum Gasteiger partial charge on any atom is -1.00 e. The van der Waals surface area contributed by atoms with Crippen LogP contribution in [0.25, 0.3) is 0 Å². The SMILES string of the molecule is OB(O)c1ccc(C2OCCO2)cn1.[H-].[Li+]. The summed E-state index contributed by atoms with van der Waals surface area (Å²) < 4.78 is 10.5. The van der Waals surface area contributed by atoms with E-state index >= 15 is 0 Å². The second-order valence-electron chi connectivity index (χ2n) is 2.96. The van der Waals surface area contributed by atoms with Crippen molar-refractivity contribution in [3.8, 4) is 0 Å². The normalized spacial score (nSPS) is 16.1. The van der Waals surface area contributed by atoms with Gasteiger partial charge in [0, 0.05) is 11.8 Å². The van der Waals surface area contributed by atoms with Crippen molar-refractivity contribution in [1.82, 2.24) is 4.98 Å². The minimum absolute atomic E-state index is 0. The van der Waals surface area contributed by atoms with E-state index in [4.69, 9.17) is 19.5 Å². The van der Waals surface area contributed by atoms with E-state index in [1.165, 1.54) is 12.3 Å². The fraction of sp³-hybridized carbons (Fsp3) is 0.375. The van der Waals surface area contributed by atoms with Gasteiger partial charge >= 0.3 is 26.0 Å². The summed E-state index contributed by atoms with van der Waals surface area (Å²) in [4.78, 5) is 3.86. The summed E-state index contributed by atoms with van der Waals surface area (Å²) in [7, 11) is -1.53. The van der Waals surface area contributed by atoms with Crippen LogP contribution >= 0.6 is 0 Å². The Kier molecular flexibility index (Phi) is 4.80. The summed E-state index contributed by atoms with van der Waals surface area (Å²) >= 11 is 0. The van der Waals surface area contributed by atoms with E-state index in [-0.39, 0.29) is 32.2 Å². The number of hydrogen-bond acceptors (Lipinski definition) is 5. The Balaban J connectivity index is 0.00000112. The van der Waals surface area contributed by atoms with Gasteiger partial charge in [-0.2, -0.15) is 0 Å². The first kappa shape index (κ1) is 12.7. The smallest absolute Gasteiger partial charge is 1.00 e. The summed E-state index contributed by atoms with van der Waals surface area (Å²) in [5.74, 6) is 0. The molecule has 2 heterocycles. The maximum Gasteiger partial charge on any atom is 1.00 e. The molecule has 0 radical (unpaired) electrons. The van der Waals surface area contributed by atoms with E-state index in [9.17, 15) is 0 Å². The Morgan fingerprint density at radius 3 is 2.47 bits per heavy atom. The van der Waals surface area contributed by atoms with Gasteiger partial charge in [0.25, 0.3) is 0 Å². The minimum atomic E-state index is -1.53. The molecule has 7 heteroatoms. The first-order valence-electron chi connectivity index (χ1n) is 4.32. The maximum absolute atomic E-state index is 8.81. The van der Waals surface area contributed by atoms with E-state index in [0.29, 0.717) is 13.2 Å². The monoisotopic (exact) mass is 203 g/mol. The zero-order chi connectivity index (χ0) is 9.97. The van der Waals surface area contributed by atoms with E-state index in [1.54, 1.807) is 6.07 Å². The largest absolute Gasteiger partial charge is 1.00 e. The standard InChI is InChI=1S/C8H10BNO4.Li.H/c11-9(12)7-2-1-6(5-10-7)8-13-3-4-14-8;;/h1-2,5,8,11-12H,3-4H2;;/q;+1;-1. The van der Waals surface area contributed by atoms with Crippen LogP contribution in [0.2, 0.25) is 0 Å². The van der Waals surface area contributed by atoms with Crippen LogP contribution in [0.15, 0.2) is 18.3 Å². The molecule has 1 fully saturated rings. The molecule has 0 spiro atoms. The molecule has 15 heavy (non-hydrogen) atoms. The van der Waals surface area contributed by atoms with Crippen LogP contribution in [-0.4, -0.2) is 35.4 Å². The average molecular weight is 203 g/mol. The first-order chi connectivity index (χ1) is 6.77. The van der Waals surface area contributed by atoms with Gasteiger partial charge in [0.05, 0.1) is 18.8 Å². The van der Waals surface area contributed by atoms with Crippen molar-refractivity contribution in [3.05, 3.63) is 23.9 Å². The molecule has 1 aromatic heterocycles. The van der Waals surface area contributed by atoms with Crippen molar-refractivity contribution < 1.29 is 39.8 Å². The molecule has 0 amide bonds. The van der Waals surface area contributed by atoms with Crippen LogP contribution in [0.5, 0.6) is 0 Å². The van der Waals surface area contributed by atoms with E-state index in [2.05, 4.69) is 4.98 Å². The van der Waals surface area contributed by atoms with E-state index in [1.807, 2.05) is 0 Å². The Morgan fingerprint density at radius 2 is 2.00 bits per heavy atom. The van der Waals surface area contributed by atoms with Crippen molar-refractivity contribution in [1.29, 1.82) is 0 Å². The molecule has 1 aliphatic heterocycles. The number of nitrogens with zero attached hydrogens (tertiary/aromatic N) is 1. The molecule has 0 saturated carbocycles. The van der Waals surface area contributed by atoms with Gasteiger partial charge in [0.2, 0.25) is 0 Å². The molecule has 0 aromatic carbocycles. The van der Waals surface area contributed by atoms with Gasteiger partial charge in [0.15, 0.2) is 6.29 Å². The van der Waals surface area contributed by atoms with Crippen molar-refractivity contribution in [3.63, 3.8) is 0 Å². The molecule has 76 valence electrons. The second kappa shape index (κ2) is 5.66. The topological polar surface area (TPSA) is 71.8 Å². The summed E-state index contributed by atoms with van der Waals surface area (Å²) in [6.45, 7) is 1.16. The molecule has 2 N–H and O–H groups in total. The fourth-order valence-corrected chi connectivity index (χ4v) is 1.26. The van der Waals surface area contributed by atoms with Crippen LogP contribution in [0.4, 0.5) is 0 Å². The van der Waals surface area contributed by atoms with Crippen molar-refractivity contribution in [2.45, 2.75) is 6.29 Å². The molecule has 5 nitrogen and oxygen atoms in total. The van der Waals surface area contributed by atoms with Gasteiger partial charge in [-0.05, 0) is 6.07 Å². The van der Waals surface area contributed by atoms with Crippen LogP contribution in [0, 0.1) is 0 Å². The fourth-order valence-electron chi connectivity index (χ4n) is 1.26. The Labute approximate surface area is 101 Å². The van der Waals surface area contributed by atoms with E-state index < -0.39 is 7.12 Å². The molecule has 1 aliphatic rings.